The number of pyridine rings is 1. The van der Waals surface area contributed by atoms with E-state index < -0.39 is 6.23 Å². The number of ether oxygens (including phenoxy) is 1. The van der Waals surface area contributed by atoms with Gasteiger partial charge in [0.05, 0.1) is 6.61 Å². The minimum absolute atomic E-state index is 0.558. The average Bonchev–Trinajstić information content (AvgIpc) is 2.98. The molecule has 0 aromatic carbocycles. The van der Waals surface area contributed by atoms with Crippen LogP contribution in [0.5, 0.6) is 0 Å². The van der Waals surface area contributed by atoms with Gasteiger partial charge in [-0.2, -0.15) is 0 Å². The van der Waals surface area contributed by atoms with Gasteiger partial charge in [0.1, 0.15) is 12.1 Å². The fourth-order valence-electron chi connectivity index (χ4n) is 2.24. The first-order valence-corrected chi connectivity index (χ1v) is 7.18. The van der Waals surface area contributed by atoms with Crippen molar-refractivity contribution in [2.45, 2.75) is 6.23 Å². The van der Waals surface area contributed by atoms with Crippen molar-refractivity contribution >= 4 is 17.2 Å². The van der Waals surface area contributed by atoms with Crippen LogP contribution in [0.1, 0.15) is 5.56 Å². The average molecular weight is 314 g/mol. The van der Waals surface area contributed by atoms with Gasteiger partial charge < -0.3 is 20.6 Å². The van der Waals surface area contributed by atoms with Gasteiger partial charge in [0, 0.05) is 49.5 Å². The van der Waals surface area contributed by atoms with Crippen LogP contribution in [0.25, 0.3) is 5.57 Å². The van der Waals surface area contributed by atoms with Crippen LogP contribution in [0.2, 0.25) is 0 Å². The number of hydrogen-bond donors (Lipinski definition) is 3. The number of anilines is 2. The minimum Gasteiger partial charge on any atom is -0.383 e. The van der Waals surface area contributed by atoms with E-state index in [4.69, 9.17) is 4.74 Å². The van der Waals surface area contributed by atoms with Crippen molar-refractivity contribution in [3.8, 4) is 0 Å². The molecule has 8 heteroatoms. The molecule has 3 N–H and O–H groups in total. The van der Waals surface area contributed by atoms with Crippen LogP contribution < -0.4 is 15.8 Å². The van der Waals surface area contributed by atoms with E-state index in [9.17, 15) is 5.11 Å². The second-order valence-corrected chi connectivity index (χ2v) is 4.90. The van der Waals surface area contributed by atoms with Gasteiger partial charge in [0.15, 0.2) is 12.0 Å². The number of aliphatic hydroxyl groups is 1. The van der Waals surface area contributed by atoms with E-state index in [-0.39, 0.29) is 0 Å². The van der Waals surface area contributed by atoms with Gasteiger partial charge in [0.25, 0.3) is 0 Å². The Bertz CT molecular complexity index is 679. The molecule has 0 spiro atoms. The number of methoxy groups -OCH3 is 1. The van der Waals surface area contributed by atoms with Crippen molar-refractivity contribution in [1.82, 2.24) is 20.4 Å². The summed E-state index contributed by atoms with van der Waals surface area (Å²) in [7, 11) is 1.64. The Morgan fingerprint density at radius 2 is 2.35 bits per heavy atom. The number of rotatable bonds is 6. The molecule has 1 atom stereocenters. The minimum atomic E-state index is -0.860. The summed E-state index contributed by atoms with van der Waals surface area (Å²) in [5.41, 5.74) is 4.59. The van der Waals surface area contributed by atoms with E-state index in [1.54, 1.807) is 36.8 Å². The van der Waals surface area contributed by atoms with E-state index in [0.29, 0.717) is 24.8 Å². The molecule has 23 heavy (non-hydrogen) atoms. The van der Waals surface area contributed by atoms with E-state index >= 15 is 0 Å². The Hall–Kier alpha value is -2.71. The van der Waals surface area contributed by atoms with Crippen LogP contribution in [0.4, 0.5) is 11.6 Å². The second kappa shape index (κ2) is 7.03. The fraction of sp³-hybridized carbons (Fsp3) is 0.267. The van der Waals surface area contributed by atoms with Gasteiger partial charge in [-0.3, -0.25) is 4.98 Å². The summed E-state index contributed by atoms with van der Waals surface area (Å²) in [5, 5.41) is 15.2. The Morgan fingerprint density at radius 3 is 3.13 bits per heavy atom. The number of nitrogens with zero attached hydrogens (tertiary/aromatic N) is 4. The zero-order chi connectivity index (χ0) is 16.1. The Labute approximate surface area is 133 Å². The summed E-state index contributed by atoms with van der Waals surface area (Å²) in [6, 6.07) is 5.48. The van der Waals surface area contributed by atoms with Crippen LogP contribution in [0.3, 0.4) is 0 Å². The molecule has 0 saturated carbocycles. The Morgan fingerprint density at radius 1 is 1.43 bits per heavy atom. The van der Waals surface area contributed by atoms with Crippen molar-refractivity contribution in [2.24, 2.45) is 0 Å². The molecule has 0 radical (unpaired) electrons. The molecule has 2 aromatic rings. The molecule has 3 rings (SSSR count). The lowest BCUT2D eigenvalue weighted by molar-refractivity contribution is 0.210. The van der Waals surface area contributed by atoms with Gasteiger partial charge in [-0.15, -0.1) is 0 Å². The highest BCUT2D eigenvalue weighted by atomic mass is 16.5. The predicted octanol–water partition coefficient (Wildman–Crippen LogP) is 0.614. The van der Waals surface area contributed by atoms with Crippen LogP contribution in [0, 0.1) is 0 Å². The zero-order valence-corrected chi connectivity index (χ0v) is 12.7. The lowest BCUT2D eigenvalue weighted by Gasteiger charge is -2.23. The molecule has 8 nitrogen and oxygen atoms in total. The van der Waals surface area contributed by atoms with Crippen LogP contribution in [-0.4, -0.2) is 46.5 Å². The molecule has 0 saturated heterocycles. The van der Waals surface area contributed by atoms with Crippen LogP contribution in [-0.2, 0) is 4.74 Å². The summed E-state index contributed by atoms with van der Waals surface area (Å²) < 4.78 is 4.99. The highest BCUT2D eigenvalue weighted by molar-refractivity contribution is 5.73. The van der Waals surface area contributed by atoms with Gasteiger partial charge in [-0.25, -0.2) is 15.0 Å². The van der Waals surface area contributed by atoms with Gasteiger partial charge in [-0.05, 0) is 6.07 Å². The number of hydrazine groups is 1. The molecule has 1 unspecified atom stereocenters. The van der Waals surface area contributed by atoms with E-state index in [1.165, 1.54) is 6.33 Å². The molecule has 120 valence electrons. The molecular weight excluding hydrogens is 296 g/mol. The summed E-state index contributed by atoms with van der Waals surface area (Å²) in [4.78, 5) is 12.4. The number of nitrogens with one attached hydrogen (secondary N) is 2. The van der Waals surface area contributed by atoms with Crippen LogP contribution >= 0.6 is 0 Å². The number of aliphatic hydroxyl groups excluding tert-OH is 1. The molecule has 0 amide bonds. The van der Waals surface area contributed by atoms with Crippen molar-refractivity contribution in [2.75, 3.05) is 30.6 Å². The third kappa shape index (κ3) is 3.38. The topological polar surface area (TPSA) is 95.4 Å². The first kappa shape index (κ1) is 15.2. The van der Waals surface area contributed by atoms with Crippen molar-refractivity contribution in [1.29, 1.82) is 0 Å². The quantitative estimate of drug-likeness (QED) is 0.668. The molecule has 1 aliphatic rings. The third-order valence-corrected chi connectivity index (χ3v) is 3.39. The molecule has 0 bridgehead atoms. The molecule has 0 fully saturated rings. The molecule has 2 aromatic heterocycles. The molecular formula is C15H18N6O2. The van der Waals surface area contributed by atoms with E-state index in [0.717, 1.165) is 11.1 Å². The summed E-state index contributed by atoms with van der Waals surface area (Å²) in [6.45, 7) is 1.22. The van der Waals surface area contributed by atoms with Gasteiger partial charge in [0.2, 0.25) is 0 Å². The second-order valence-electron chi connectivity index (χ2n) is 4.90. The van der Waals surface area contributed by atoms with Crippen LogP contribution in [0.15, 0.2) is 43.1 Å². The highest BCUT2D eigenvalue weighted by Crippen LogP contribution is 2.27. The van der Waals surface area contributed by atoms with Crippen molar-refractivity contribution in [3.05, 3.63) is 48.7 Å². The fourth-order valence-corrected chi connectivity index (χ4v) is 2.24. The predicted molar refractivity (Wildman–Crippen MR) is 86.2 cm³/mol. The van der Waals surface area contributed by atoms with E-state index in [2.05, 4.69) is 25.7 Å². The summed E-state index contributed by atoms with van der Waals surface area (Å²) in [5.74, 6) is 1.22. The first-order chi connectivity index (χ1) is 11.3. The van der Waals surface area contributed by atoms with Crippen molar-refractivity contribution < 1.29 is 9.84 Å². The SMILES string of the molecule is COCCNc1cc(N2NC=C(c3cccnc3)C2O)ncn1. The zero-order valence-electron chi connectivity index (χ0n) is 12.7. The van der Waals surface area contributed by atoms with Crippen molar-refractivity contribution in [3.63, 3.8) is 0 Å². The third-order valence-electron chi connectivity index (χ3n) is 3.39. The first-order valence-electron chi connectivity index (χ1n) is 7.18. The highest BCUT2D eigenvalue weighted by Gasteiger charge is 2.27. The molecule has 3 heterocycles. The van der Waals surface area contributed by atoms with Gasteiger partial charge in [-0.1, -0.05) is 6.07 Å². The normalized spacial score (nSPS) is 16.9. The Balaban J connectivity index is 1.73. The maximum atomic E-state index is 10.5. The number of hydrogen-bond acceptors (Lipinski definition) is 8. The monoisotopic (exact) mass is 314 g/mol. The lowest BCUT2D eigenvalue weighted by atomic mass is 10.1. The summed E-state index contributed by atoms with van der Waals surface area (Å²) in [6.07, 6.45) is 5.72. The summed E-state index contributed by atoms with van der Waals surface area (Å²) >= 11 is 0. The molecule has 0 aliphatic carbocycles. The standard InChI is InChI=1S/C15H18N6O2/c1-23-6-5-17-13-7-14(19-10-18-13)21-15(22)12(9-20-21)11-3-2-4-16-8-11/h2-4,7-10,15,20,22H,5-6H2,1H3,(H,17,18,19). The largest absolute Gasteiger partial charge is 0.383 e. The maximum Gasteiger partial charge on any atom is 0.175 e. The Kier molecular flexibility index (Phi) is 4.65. The molecule has 1 aliphatic heterocycles. The maximum absolute atomic E-state index is 10.5. The smallest absolute Gasteiger partial charge is 0.175 e. The number of aromatic nitrogens is 3. The lowest BCUT2D eigenvalue weighted by Crippen LogP contribution is -2.39. The van der Waals surface area contributed by atoms with E-state index in [1.807, 2.05) is 12.1 Å². The van der Waals surface area contributed by atoms with Gasteiger partial charge >= 0.3 is 0 Å².